The number of aromatic nitrogens is 6. The Morgan fingerprint density at radius 2 is 2.04 bits per heavy atom. The second-order valence-electron chi connectivity index (χ2n) is 7.17. The van der Waals surface area contributed by atoms with Crippen molar-refractivity contribution in [1.29, 1.82) is 0 Å². The number of nitrogens with one attached hydrogen (secondary N) is 2. The highest BCUT2D eigenvalue weighted by Crippen LogP contribution is 2.25. The first-order valence-electron chi connectivity index (χ1n) is 9.69. The first kappa shape index (κ1) is 18.2. The Morgan fingerprint density at radius 1 is 1.18 bits per heavy atom. The van der Waals surface area contributed by atoms with E-state index in [9.17, 15) is 4.79 Å². The number of nitrogens with zero attached hydrogens (tertiary/aromatic N) is 4. The molecule has 3 aromatic heterocycles. The van der Waals surface area contributed by atoms with Crippen molar-refractivity contribution >= 4 is 16.7 Å². The maximum atomic E-state index is 12.8. The number of ketones is 1. The summed E-state index contributed by atoms with van der Waals surface area (Å²) in [6.07, 6.45) is 9.92. The molecule has 4 aromatic rings. The molecule has 0 saturated carbocycles. The van der Waals surface area contributed by atoms with Gasteiger partial charge in [0.15, 0.2) is 5.78 Å². The van der Waals surface area contributed by atoms with Crippen molar-refractivity contribution in [2.24, 2.45) is 5.92 Å². The number of carbonyl (C=O) groups excluding carboxylic acids is 1. The van der Waals surface area contributed by atoms with Crippen LogP contribution >= 0.6 is 0 Å². The van der Waals surface area contributed by atoms with Crippen molar-refractivity contribution in [1.82, 2.24) is 30.2 Å². The van der Waals surface area contributed by atoms with Gasteiger partial charge in [0.25, 0.3) is 0 Å². The normalized spacial score (nSPS) is 11.5. The Balaban J connectivity index is 1.51. The summed E-state index contributed by atoms with van der Waals surface area (Å²) in [5, 5.41) is 19.3. The Morgan fingerprint density at radius 3 is 2.79 bits per heavy atom. The molecule has 0 aliphatic heterocycles. The zero-order valence-corrected chi connectivity index (χ0v) is 16.1. The molecule has 0 atom stereocenters. The highest BCUT2D eigenvalue weighted by atomic mass is 16.1. The minimum atomic E-state index is -0.00982. The van der Waals surface area contributed by atoms with Gasteiger partial charge < -0.3 is 0 Å². The van der Waals surface area contributed by atoms with Crippen LogP contribution in [0.15, 0.2) is 43.0 Å². The average Bonchev–Trinajstić information content (AvgIpc) is 3.45. The van der Waals surface area contributed by atoms with Gasteiger partial charge in [0, 0.05) is 36.3 Å². The molecule has 3 heterocycles. The van der Waals surface area contributed by atoms with Crippen molar-refractivity contribution in [2.45, 2.75) is 39.7 Å². The fraction of sp³-hybridized carbons (Fsp3) is 0.333. The smallest absolute Gasteiger partial charge is 0.188 e. The molecule has 28 heavy (non-hydrogen) atoms. The van der Waals surface area contributed by atoms with Gasteiger partial charge >= 0.3 is 0 Å². The van der Waals surface area contributed by atoms with E-state index in [0.717, 1.165) is 47.0 Å². The third-order valence-electron chi connectivity index (χ3n) is 5.31. The van der Waals surface area contributed by atoms with Crippen molar-refractivity contribution in [3.63, 3.8) is 0 Å². The fourth-order valence-corrected chi connectivity index (χ4v) is 3.50. The lowest BCUT2D eigenvalue weighted by molar-refractivity contribution is 0.0989. The number of rotatable bonds is 8. The van der Waals surface area contributed by atoms with Gasteiger partial charge in [-0.05, 0) is 29.2 Å². The van der Waals surface area contributed by atoms with Gasteiger partial charge in [-0.1, -0.05) is 32.8 Å². The molecule has 7 heteroatoms. The summed E-state index contributed by atoms with van der Waals surface area (Å²) in [6.45, 7) is 5.29. The molecule has 7 nitrogen and oxygen atoms in total. The van der Waals surface area contributed by atoms with Crippen LogP contribution in [0.3, 0.4) is 0 Å². The minimum absolute atomic E-state index is 0.00982. The van der Waals surface area contributed by atoms with E-state index in [0.29, 0.717) is 18.0 Å². The SMILES string of the molecule is CCC(CC)Cn1cc(CC(=O)c2n[nH]c3cc(-c4cn[nH]c4)ccc23)cn1. The number of aromatic amines is 2. The van der Waals surface area contributed by atoms with E-state index in [1.807, 2.05) is 35.3 Å². The van der Waals surface area contributed by atoms with Gasteiger partial charge in [0.1, 0.15) is 5.69 Å². The first-order chi connectivity index (χ1) is 13.7. The Labute approximate surface area is 163 Å². The van der Waals surface area contributed by atoms with E-state index in [-0.39, 0.29) is 5.78 Å². The van der Waals surface area contributed by atoms with Crippen LogP contribution in [-0.4, -0.2) is 36.0 Å². The van der Waals surface area contributed by atoms with Crippen molar-refractivity contribution in [3.05, 3.63) is 54.2 Å². The minimum Gasteiger partial charge on any atom is -0.292 e. The molecule has 1 aromatic carbocycles. The number of H-pyrrole nitrogens is 2. The van der Waals surface area contributed by atoms with Crippen molar-refractivity contribution < 1.29 is 4.79 Å². The van der Waals surface area contributed by atoms with Crippen LogP contribution in [0.4, 0.5) is 0 Å². The predicted molar refractivity (Wildman–Crippen MR) is 108 cm³/mol. The lowest BCUT2D eigenvalue weighted by Crippen LogP contribution is -2.09. The molecule has 0 unspecified atom stereocenters. The highest BCUT2D eigenvalue weighted by Gasteiger charge is 2.16. The van der Waals surface area contributed by atoms with E-state index < -0.39 is 0 Å². The molecule has 0 aliphatic rings. The maximum Gasteiger partial charge on any atom is 0.188 e. The standard InChI is InChI=1S/C21H24N6O/c1-3-14(4-2)12-27-13-15(9-24-27)7-20(28)21-18-6-5-16(8-19(18)25-26-21)17-10-22-23-11-17/h5-6,8-11,13-14H,3-4,7,12H2,1-2H3,(H,22,23)(H,25,26). The largest absolute Gasteiger partial charge is 0.292 e. The average molecular weight is 376 g/mol. The number of Topliss-reactive ketones (excluding diaryl/α,β-unsaturated/α-hetero) is 1. The summed E-state index contributed by atoms with van der Waals surface area (Å²) in [5.74, 6) is 0.604. The van der Waals surface area contributed by atoms with Crippen LogP contribution in [0.1, 0.15) is 42.7 Å². The topological polar surface area (TPSA) is 92.2 Å². The van der Waals surface area contributed by atoms with E-state index in [2.05, 4.69) is 39.3 Å². The molecule has 0 aliphatic carbocycles. The van der Waals surface area contributed by atoms with Gasteiger partial charge in [-0.2, -0.15) is 15.3 Å². The molecule has 0 saturated heterocycles. The lowest BCUT2D eigenvalue weighted by Gasteiger charge is -2.11. The molecule has 4 rings (SSSR count). The van der Waals surface area contributed by atoms with Crippen LogP contribution in [0.2, 0.25) is 0 Å². The van der Waals surface area contributed by atoms with Gasteiger partial charge in [0.05, 0.1) is 17.9 Å². The van der Waals surface area contributed by atoms with E-state index >= 15 is 0 Å². The molecular weight excluding hydrogens is 352 g/mol. The quantitative estimate of drug-likeness (QED) is 0.454. The van der Waals surface area contributed by atoms with Crippen LogP contribution < -0.4 is 0 Å². The van der Waals surface area contributed by atoms with Crippen molar-refractivity contribution in [3.8, 4) is 11.1 Å². The Kier molecular flexibility index (Phi) is 5.06. The lowest BCUT2D eigenvalue weighted by atomic mass is 10.0. The number of fused-ring (bicyclic) bond motifs is 1. The van der Waals surface area contributed by atoms with Crippen molar-refractivity contribution in [2.75, 3.05) is 0 Å². The maximum absolute atomic E-state index is 12.8. The Bertz CT molecular complexity index is 1070. The summed E-state index contributed by atoms with van der Waals surface area (Å²) >= 11 is 0. The molecule has 0 radical (unpaired) electrons. The second-order valence-corrected chi connectivity index (χ2v) is 7.17. The van der Waals surface area contributed by atoms with Gasteiger partial charge in [0.2, 0.25) is 0 Å². The van der Waals surface area contributed by atoms with Crippen LogP contribution in [0.25, 0.3) is 22.0 Å². The summed E-state index contributed by atoms with van der Waals surface area (Å²) in [5.41, 5.74) is 4.25. The monoisotopic (exact) mass is 376 g/mol. The second kappa shape index (κ2) is 7.80. The van der Waals surface area contributed by atoms with Gasteiger partial charge in [-0.15, -0.1) is 0 Å². The Hall–Kier alpha value is -3.22. The zero-order chi connectivity index (χ0) is 19.5. The number of hydrogen-bond acceptors (Lipinski definition) is 4. The fourth-order valence-electron chi connectivity index (χ4n) is 3.50. The van der Waals surface area contributed by atoms with E-state index in [1.54, 1.807) is 12.4 Å². The molecule has 0 bridgehead atoms. The van der Waals surface area contributed by atoms with Crippen LogP contribution in [0.5, 0.6) is 0 Å². The number of hydrogen-bond donors (Lipinski definition) is 2. The molecule has 0 fully saturated rings. The highest BCUT2D eigenvalue weighted by molar-refractivity contribution is 6.07. The van der Waals surface area contributed by atoms with Gasteiger partial charge in [-0.25, -0.2) is 0 Å². The summed E-state index contributed by atoms with van der Waals surface area (Å²) < 4.78 is 1.94. The van der Waals surface area contributed by atoms with Crippen LogP contribution in [-0.2, 0) is 13.0 Å². The summed E-state index contributed by atoms with van der Waals surface area (Å²) in [6, 6.07) is 5.90. The first-order valence-corrected chi connectivity index (χ1v) is 9.69. The molecule has 0 spiro atoms. The molecule has 2 N–H and O–H groups in total. The number of carbonyl (C=O) groups is 1. The van der Waals surface area contributed by atoms with E-state index in [1.165, 1.54) is 0 Å². The summed E-state index contributed by atoms with van der Waals surface area (Å²) in [7, 11) is 0. The number of benzene rings is 1. The van der Waals surface area contributed by atoms with Crippen LogP contribution in [0, 0.1) is 5.92 Å². The predicted octanol–water partition coefficient (Wildman–Crippen LogP) is 4.01. The molecule has 144 valence electrons. The molecular formula is C21H24N6O. The third kappa shape index (κ3) is 3.60. The van der Waals surface area contributed by atoms with Gasteiger partial charge in [-0.3, -0.25) is 19.7 Å². The molecule has 0 amide bonds. The van der Waals surface area contributed by atoms with E-state index in [4.69, 9.17) is 0 Å². The third-order valence-corrected chi connectivity index (χ3v) is 5.31. The summed E-state index contributed by atoms with van der Waals surface area (Å²) in [4.78, 5) is 12.8. The zero-order valence-electron chi connectivity index (χ0n) is 16.1.